The molecule has 0 saturated heterocycles. The second kappa shape index (κ2) is 4.32. The molecule has 1 aromatic rings. The van der Waals surface area contributed by atoms with E-state index in [1.54, 1.807) is 30.3 Å². The van der Waals surface area contributed by atoms with Crippen molar-refractivity contribution in [1.82, 2.24) is 0 Å². The summed E-state index contributed by atoms with van der Waals surface area (Å²) in [5.41, 5.74) is 0.357. The van der Waals surface area contributed by atoms with E-state index in [1.807, 2.05) is 0 Å². The smallest absolute Gasteiger partial charge is 0.377 e. The zero-order valence-corrected chi connectivity index (χ0v) is 7.60. The third kappa shape index (κ3) is 2.04. The van der Waals surface area contributed by atoms with Gasteiger partial charge in [-0.3, -0.25) is 0 Å². The molecule has 0 heterocycles. The number of carbonyl (C=O) groups excluding carboxylic acids is 1. The molecule has 0 atom stereocenters. The van der Waals surface area contributed by atoms with Crippen LogP contribution < -0.4 is 0 Å². The maximum absolute atomic E-state index is 10.8. The zero-order valence-electron chi connectivity index (χ0n) is 7.60. The molecule has 0 spiro atoms. The molecule has 0 aromatic heterocycles. The highest BCUT2D eigenvalue weighted by Gasteiger charge is 2.14. The summed E-state index contributed by atoms with van der Waals surface area (Å²) >= 11 is 0. The minimum absolute atomic E-state index is 0.357. The third-order valence-electron chi connectivity index (χ3n) is 1.65. The van der Waals surface area contributed by atoms with Gasteiger partial charge in [0.15, 0.2) is 5.76 Å². The van der Waals surface area contributed by atoms with Gasteiger partial charge in [0.1, 0.15) is 0 Å². The van der Waals surface area contributed by atoms with Crippen molar-refractivity contribution < 1.29 is 19.7 Å². The van der Waals surface area contributed by atoms with Crippen molar-refractivity contribution in [3.05, 3.63) is 41.7 Å². The lowest BCUT2D eigenvalue weighted by molar-refractivity contribution is -0.139. The van der Waals surface area contributed by atoms with Gasteiger partial charge in [0.05, 0.1) is 7.11 Å². The van der Waals surface area contributed by atoms with E-state index in [1.165, 1.54) is 0 Å². The standard InChI is InChI=1S/C10H10O4/c1-14-10(13)9(12)8(11)7-5-3-2-4-6-7/h2-6,11-12H,1H3/b9-8+. The molecule has 0 unspecified atom stereocenters. The summed E-state index contributed by atoms with van der Waals surface area (Å²) < 4.78 is 4.25. The topological polar surface area (TPSA) is 66.8 Å². The fourth-order valence-corrected chi connectivity index (χ4v) is 0.926. The quantitative estimate of drug-likeness (QED) is 0.426. The first-order valence-electron chi connectivity index (χ1n) is 3.92. The van der Waals surface area contributed by atoms with Crippen molar-refractivity contribution in [2.75, 3.05) is 7.11 Å². The molecule has 0 radical (unpaired) electrons. The largest absolute Gasteiger partial charge is 0.504 e. The van der Waals surface area contributed by atoms with Crippen LogP contribution in [-0.2, 0) is 9.53 Å². The van der Waals surface area contributed by atoms with Gasteiger partial charge in [-0.25, -0.2) is 4.79 Å². The summed E-state index contributed by atoms with van der Waals surface area (Å²) in [5.74, 6) is -2.25. The second-order valence-electron chi connectivity index (χ2n) is 2.55. The molecule has 74 valence electrons. The number of methoxy groups -OCH3 is 1. The highest BCUT2D eigenvalue weighted by atomic mass is 16.5. The van der Waals surface area contributed by atoms with Crippen molar-refractivity contribution in [2.45, 2.75) is 0 Å². The van der Waals surface area contributed by atoms with Crippen molar-refractivity contribution in [1.29, 1.82) is 0 Å². The lowest BCUT2D eigenvalue weighted by atomic mass is 10.2. The first kappa shape index (κ1) is 10.1. The van der Waals surface area contributed by atoms with Crippen LogP contribution in [0.3, 0.4) is 0 Å². The maximum Gasteiger partial charge on any atom is 0.377 e. The van der Waals surface area contributed by atoms with Gasteiger partial charge in [-0.2, -0.15) is 0 Å². The fraction of sp³-hybridized carbons (Fsp3) is 0.100. The number of aliphatic hydroxyl groups excluding tert-OH is 2. The Morgan fingerprint density at radius 1 is 1.21 bits per heavy atom. The van der Waals surface area contributed by atoms with Crippen molar-refractivity contribution in [2.24, 2.45) is 0 Å². The second-order valence-corrected chi connectivity index (χ2v) is 2.55. The van der Waals surface area contributed by atoms with Gasteiger partial charge in [-0.15, -0.1) is 0 Å². The van der Waals surface area contributed by atoms with Gasteiger partial charge in [0.2, 0.25) is 5.76 Å². The molecular weight excluding hydrogens is 184 g/mol. The number of carbonyl (C=O) groups is 1. The van der Waals surface area contributed by atoms with Crippen LogP contribution in [0.4, 0.5) is 0 Å². The molecule has 0 amide bonds. The van der Waals surface area contributed by atoms with E-state index in [-0.39, 0.29) is 0 Å². The van der Waals surface area contributed by atoms with Gasteiger partial charge in [0, 0.05) is 5.56 Å². The molecule has 4 nitrogen and oxygen atoms in total. The Balaban J connectivity index is 3.05. The lowest BCUT2D eigenvalue weighted by Crippen LogP contribution is -2.06. The molecule has 0 aliphatic heterocycles. The zero-order chi connectivity index (χ0) is 10.6. The molecule has 0 saturated carbocycles. The Hall–Kier alpha value is -1.97. The molecule has 4 heteroatoms. The minimum atomic E-state index is -0.966. The van der Waals surface area contributed by atoms with Crippen LogP contribution in [0.1, 0.15) is 5.56 Å². The average Bonchev–Trinajstić information content (AvgIpc) is 2.27. The molecule has 1 rings (SSSR count). The summed E-state index contributed by atoms with van der Waals surface area (Å²) in [6.45, 7) is 0. The van der Waals surface area contributed by atoms with Crippen LogP contribution in [0.5, 0.6) is 0 Å². The van der Waals surface area contributed by atoms with Crippen LogP contribution >= 0.6 is 0 Å². The molecule has 0 fully saturated rings. The van der Waals surface area contributed by atoms with Crippen LogP contribution in [0.25, 0.3) is 5.76 Å². The monoisotopic (exact) mass is 194 g/mol. The van der Waals surface area contributed by atoms with Crippen LogP contribution in [0.2, 0.25) is 0 Å². The van der Waals surface area contributed by atoms with E-state index in [4.69, 9.17) is 0 Å². The van der Waals surface area contributed by atoms with Gasteiger partial charge >= 0.3 is 5.97 Å². The van der Waals surface area contributed by atoms with E-state index in [0.29, 0.717) is 5.56 Å². The van der Waals surface area contributed by atoms with Gasteiger partial charge < -0.3 is 14.9 Å². The Labute approximate surface area is 81.1 Å². The highest BCUT2D eigenvalue weighted by Crippen LogP contribution is 2.14. The van der Waals surface area contributed by atoms with E-state index in [9.17, 15) is 15.0 Å². The van der Waals surface area contributed by atoms with Crippen molar-refractivity contribution in [3.8, 4) is 0 Å². The van der Waals surface area contributed by atoms with E-state index >= 15 is 0 Å². The minimum Gasteiger partial charge on any atom is -0.504 e. The molecule has 1 aromatic carbocycles. The predicted molar refractivity (Wildman–Crippen MR) is 50.6 cm³/mol. The molecular formula is C10H10O4. The summed E-state index contributed by atoms with van der Waals surface area (Å²) in [4.78, 5) is 10.8. The number of hydrogen-bond acceptors (Lipinski definition) is 4. The van der Waals surface area contributed by atoms with Gasteiger partial charge in [-0.1, -0.05) is 30.3 Å². The Morgan fingerprint density at radius 2 is 1.79 bits per heavy atom. The van der Waals surface area contributed by atoms with Crippen LogP contribution in [0, 0.1) is 0 Å². The van der Waals surface area contributed by atoms with Gasteiger partial charge in [-0.05, 0) is 0 Å². The van der Waals surface area contributed by atoms with Crippen LogP contribution in [-0.4, -0.2) is 23.3 Å². The normalized spacial score (nSPS) is 11.8. The summed E-state index contributed by atoms with van der Waals surface area (Å²) in [7, 11) is 1.12. The van der Waals surface area contributed by atoms with Gasteiger partial charge in [0.25, 0.3) is 0 Å². The highest BCUT2D eigenvalue weighted by molar-refractivity contribution is 5.93. The molecule has 0 bridgehead atoms. The first-order chi connectivity index (χ1) is 6.66. The van der Waals surface area contributed by atoms with Crippen LogP contribution in [0.15, 0.2) is 36.1 Å². The average molecular weight is 194 g/mol. The number of aliphatic hydroxyl groups is 2. The number of ether oxygens (including phenoxy) is 1. The lowest BCUT2D eigenvalue weighted by Gasteiger charge is -2.02. The van der Waals surface area contributed by atoms with E-state index < -0.39 is 17.5 Å². The van der Waals surface area contributed by atoms with E-state index in [2.05, 4.69) is 4.74 Å². The number of rotatable bonds is 2. The molecule has 0 aliphatic rings. The third-order valence-corrected chi connectivity index (χ3v) is 1.65. The SMILES string of the molecule is COC(=O)/C(O)=C(\O)c1ccccc1. The fourth-order valence-electron chi connectivity index (χ4n) is 0.926. The maximum atomic E-state index is 10.8. The van der Waals surface area contributed by atoms with Crippen molar-refractivity contribution in [3.63, 3.8) is 0 Å². The number of hydrogen-bond donors (Lipinski definition) is 2. The Morgan fingerprint density at radius 3 is 2.29 bits per heavy atom. The summed E-state index contributed by atoms with van der Waals surface area (Å²) in [5, 5.41) is 18.6. The summed E-state index contributed by atoms with van der Waals surface area (Å²) in [6, 6.07) is 8.24. The predicted octanol–water partition coefficient (Wildman–Crippen LogP) is 1.64. The number of benzene rings is 1. The Kier molecular flexibility index (Phi) is 3.12. The first-order valence-corrected chi connectivity index (χ1v) is 3.92. The molecule has 0 aliphatic carbocycles. The molecule has 2 N–H and O–H groups in total. The Bertz CT molecular complexity index is 354. The number of esters is 1. The van der Waals surface area contributed by atoms with E-state index in [0.717, 1.165) is 7.11 Å². The van der Waals surface area contributed by atoms with Crippen molar-refractivity contribution >= 4 is 11.7 Å². The summed E-state index contributed by atoms with van der Waals surface area (Å²) in [6.07, 6.45) is 0. The molecule has 14 heavy (non-hydrogen) atoms.